The highest BCUT2D eigenvalue weighted by Crippen LogP contribution is 2.28. The second kappa shape index (κ2) is 7.17. The fourth-order valence-corrected chi connectivity index (χ4v) is 3.57. The zero-order chi connectivity index (χ0) is 20.8. The van der Waals surface area contributed by atoms with Gasteiger partial charge >= 0.3 is 0 Å². The summed E-state index contributed by atoms with van der Waals surface area (Å²) in [5, 5.41) is 1.80. The first-order valence-electron chi connectivity index (χ1n) is 9.05. The normalized spacial score (nSPS) is 11.3. The van der Waals surface area contributed by atoms with Crippen molar-refractivity contribution in [3.63, 3.8) is 0 Å². The van der Waals surface area contributed by atoms with E-state index in [0.29, 0.717) is 43.5 Å². The standard InChI is InChI=1S/C24H12Cl2O4/c25-15-5-1-13(2-6-15)21-10-19(27)17-9-18-20(28)11-22(14-3-7-16(26)8-4-14)30-24(18)12-23(17)29-21/h1-12H. The minimum Gasteiger partial charge on any atom is -0.456 e. The summed E-state index contributed by atoms with van der Waals surface area (Å²) < 4.78 is 11.9. The highest BCUT2D eigenvalue weighted by molar-refractivity contribution is 6.30. The fraction of sp³-hybridized carbons (Fsp3) is 0. The third kappa shape index (κ3) is 3.30. The lowest BCUT2D eigenvalue weighted by Crippen LogP contribution is -2.04. The Hall–Kier alpha value is -3.34. The smallest absolute Gasteiger partial charge is 0.193 e. The molecule has 0 unspecified atom stereocenters. The lowest BCUT2D eigenvalue weighted by molar-refractivity contribution is 0.606. The number of hydrogen-bond donors (Lipinski definition) is 0. The Morgan fingerprint density at radius 3 is 1.33 bits per heavy atom. The van der Waals surface area contributed by atoms with Gasteiger partial charge in [0.2, 0.25) is 0 Å². The van der Waals surface area contributed by atoms with E-state index in [1.165, 1.54) is 18.2 Å². The van der Waals surface area contributed by atoms with E-state index in [1.54, 1.807) is 54.6 Å². The molecule has 0 saturated carbocycles. The van der Waals surface area contributed by atoms with Gasteiger partial charge in [-0.05, 0) is 54.6 Å². The molecule has 0 atom stereocenters. The van der Waals surface area contributed by atoms with Crippen LogP contribution in [0.1, 0.15) is 0 Å². The Kier molecular flexibility index (Phi) is 4.46. The molecule has 0 aliphatic heterocycles. The predicted octanol–water partition coefficient (Wildman–Crippen LogP) is 6.54. The molecule has 0 spiro atoms. The van der Waals surface area contributed by atoms with Crippen molar-refractivity contribution in [2.45, 2.75) is 0 Å². The highest BCUT2D eigenvalue weighted by Gasteiger charge is 2.13. The van der Waals surface area contributed by atoms with Crippen molar-refractivity contribution in [2.24, 2.45) is 0 Å². The Labute approximate surface area is 179 Å². The van der Waals surface area contributed by atoms with Crippen LogP contribution >= 0.6 is 23.2 Å². The number of fused-ring (bicyclic) bond motifs is 2. The minimum atomic E-state index is -0.246. The quantitative estimate of drug-likeness (QED) is 0.296. The maximum atomic E-state index is 12.7. The van der Waals surface area contributed by atoms with Crippen LogP contribution in [0.2, 0.25) is 10.0 Å². The van der Waals surface area contributed by atoms with Gasteiger partial charge in [-0.25, -0.2) is 0 Å². The molecule has 6 heteroatoms. The molecule has 5 aromatic rings. The number of rotatable bonds is 2. The molecule has 0 aliphatic rings. The van der Waals surface area contributed by atoms with Gasteiger partial charge in [0.05, 0.1) is 10.8 Å². The van der Waals surface area contributed by atoms with E-state index in [2.05, 4.69) is 0 Å². The summed E-state index contributed by atoms with van der Waals surface area (Å²) in [6, 6.07) is 19.9. The lowest BCUT2D eigenvalue weighted by atomic mass is 10.1. The first-order chi connectivity index (χ1) is 14.5. The van der Waals surface area contributed by atoms with Gasteiger partial charge in [0.15, 0.2) is 10.9 Å². The molecule has 30 heavy (non-hydrogen) atoms. The molecule has 0 amide bonds. The molecule has 4 nitrogen and oxygen atoms in total. The lowest BCUT2D eigenvalue weighted by Gasteiger charge is -2.06. The number of benzene rings is 3. The summed E-state index contributed by atoms with van der Waals surface area (Å²) in [7, 11) is 0. The van der Waals surface area contributed by atoms with Crippen LogP contribution in [-0.2, 0) is 0 Å². The van der Waals surface area contributed by atoms with Crippen molar-refractivity contribution in [1.29, 1.82) is 0 Å². The van der Waals surface area contributed by atoms with Crippen molar-refractivity contribution < 1.29 is 8.83 Å². The van der Waals surface area contributed by atoms with Crippen LogP contribution in [0.25, 0.3) is 44.6 Å². The predicted molar refractivity (Wildman–Crippen MR) is 119 cm³/mol. The van der Waals surface area contributed by atoms with Crippen LogP contribution in [0.15, 0.2) is 91.2 Å². The monoisotopic (exact) mass is 434 g/mol. The van der Waals surface area contributed by atoms with Gasteiger partial charge in [0.1, 0.15) is 22.7 Å². The zero-order valence-corrected chi connectivity index (χ0v) is 16.8. The molecular formula is C24H12Cl2O4. The van der Waals surface area contributed by atoms with E-state index in [1.807, 2.05) is 0 Å². The second-order valence-electron chi connectivity index (χ2n) is 6.81. The van der Waals surface area contributed by atoms with Crippen molar-refractivity contribution in [2.75, 3.05) is 0 Å². The topological polar surface area (TPSA) is 60.4 Å². The Morgan fingerprint density at radius 2 is 0.933 bits per heavy atom. The van der Waals surface area contributed by atoms with Crippen LogP contribution in [0.5, 0.6) is 0 Å². The summed E-state index contributed by atoms with van der Waals surface area (Å²) in [5.41, 5.74) is 1.60. The van der Waals surface area contributed by atoms with E-state index in [-0.39, 0.29) is 10.9 Å². The van der Waals surface area contributed by atoms with Crippen LogP contribution in [0.3, 0.4) is 0 Å². The summed E-state index contributed by atoms with van der Waals surface area (Å²) in [5.74, 6) is 0.805. The van der Waals surface area contributed by atoms with E-state index < -0.39 is 0 Å². The summed E-state index contributed by atoms with van der Waals surface area (Å²) in [6.45, 7) is 0. The van der Waals surface area contributed by atoms with Crippen LogP contribution in [0, 0.1) is 0 Å². The maximum Gasteiger partial charge on any atom is 0.193 e. The molecule has 0 bridgehead atoms. The molecule has 146 valence electrons. The van der Waals surface area contributed by atoms with E-state index in [0.717, 1.165) is 11.1 Å². The third-order valence-electron chi connectivity index (χ3n) is 4.83. The molecule has 0 fully saturated rings. The summed E-state index contributed by atoms with van der Waals surface area (Å²) in [4.78, 5) is 25.4. The van der Waals surface area contributed by atoms with Crippen LogP contribution in [-0.4, -0.2) is 0 Å². The van der Waals surface area contributed by atoms with Gasteiger partial charge in [-0.1, -0.05) is 23.2 Å². The second-order valence-corrected chi connectivity index (χ2v) is 7.68. The average Bonchev–Trinajstić information content (AvgIpc) is 2.73. The van der Waals surface area contributed by atoms with Gasteiger partial charge in [-0.2, -0.15) is 0 Å². The van der Waals surface area contributed by atoms with Gasteiger partial charge in [0.25, 0.3) is 0 Å². The maximum absolute atomic E-state index is 12.7. The molecule has 0 N–H and O–H groups in total. The summed E-state index contributed by atoms with van der Waals surface area (Å²) in [6.07, 6.45) is 0. The van der Waals surface area contributed by atoms with Crippen LogP contribution < -0.4 is 10.9 Å². The van der Waals surface area contributed by atoms with E-state index in [9.17, 15) is 9.59 Å². The number of halogens is 2. The molecule has 2 heterocycles. The minimum absolute atomic E-state index is 0.246. The van der Waals surface area contributed by atoms with Gasteiger partial charge in [-0.3, -0.25) is 9.59 Å². The molecule has 0 saturated heterocycles. The van der Waals surface area contributed by atoms with Crippen LogP contribution in [0.4, 0.5) is 0 Å². The molecule has 3 aromatic carbocycles. The molecule has 0 aliphatic carbocycles. The largest absolute Gasteiger partial charge is 0.456 e. The Morgan fingerprint density at radius 1 is 0.533 bits per heavy atom. The van der Waals surface area contributed by atoms with Crippen molar-refractivity contribution in [3.05, 3.63) is 103 Å². The third-order valence-corrected chi connectivity index (χ3v) is 5.34. The first-order valence-corrected chi connectivity index (χ1v) is 9.81. The van der Waals surface area contributed by atoms with Crippen molar-refractivity contribution in [3.8, 4) is 22.6 Å². The van der Waals surface area contributed by atoms with E-state index >= 15 is 0 Å². The molecule has 5 rings (SSSR count). The fourth-order valence-electron chi connectivity index (χ4n) is 3.32. The van der Waals surface area contributed by atoms with E-state index in [4.69, 9.17) is 32.0 Å². The van der Waals surface area contributed by atoms with Crippen molar-refractivity contribution >= 4 is 45.1 Å². The van der Waals surface area contributed by atoms with Crippen molar-refractivity contribution in [1.82, 2.24) is 0 Å². The Balaban J connectivity index is 1.73. The highest BCUT2D eigenvalue weighted by atomic mass is 35.5. The van der Waals surface area contributed by atoms with Gasteiger partial charge in [-0.15, -0.1) is 0 Å². The average molecular weight is 435 g/mol. The first kappa shape index (κ1) is 18.7. The zero-order valence-electron chi connectivity index (χ0n) is 15.3. The molecule has 0 radical (unpaired) electrons. The summed E-state index contributed by atoms with van der Waals surface area (Å²) >= 11 is 11.9. The number of hydrogen-bond acceptors (Lipinski definition) is 4. The molecule has 2 aromatic heterocycles. The molecular weight excluding hydrogens is 423 g/mol. The van der Waals surface area contributed by atoms with Gasteiger partial charge in [0, 0.05) is 39.4 Å². The van der Waals surface area contributed by atoms with Gasteiger partial charge < -0.3 is 8.83 Å². The SMILES string of the molecule is O=c1cc(-c2ccc(Cl)cc2)oc2cc3oc(-c4ccc(Cl)cc4)cc(=O)c3cc12. The Bertz CT molecular complexity index is 1410.